The third kappa shape index (κ3) is 4.23. The Hall–Kier alpha value is -2.38. The molecule has 1 aromatic heterocycles. The molecule has 0 aliphatic carbocycles. The zero-order valence-corrected chi connectivity index (χ0v) is 19.0. The molecule has 1 saturated heterocycles. The van der Waals surface area contributed by atoms with E-state index < -0.39 is 0 Å². The highest BCUT2D eigenvalue weighted by Crippen LogP contribution is 2.35. The van der Waals surface area contributed by atoms with Crippen LogP contribution >= 0.6 is 27.7 Å². The number of fused-ring (bicyclic) bond motifs is 1. The summed E-state index contributed by atoms with van der Waals surface area (Å²) in [6.45, 7) is 4.95. The van der Waals surface area contributed by atoms with Crippen LogP contribution in [0.25, 0.3) is 17.0 Å². The highest BCUT2D eigenvalue weighted by atomic mass is 79.9. The maximum atomic E-state index is 13.2. The quantitative estimate of drug-likeness (QED) is 0.398. The Morgan fingerprint density at radius 2 is 1.87 bits per heavy atom. The van der Waals surface area contributed by atoms with Crippen LogP contribution in [0, 0.1) is 11.7 Å². The van der Waals surface area contributed by atoms with Gasteiger partial charge in [0.1, 0.15) is 5.82 Å². The molecule has 1 aliphatic heterocycles. The van der Waals surface area contributed by atoms with Crippen LogP contribution in [0.15, 0.2) is 58.0 Å². The number of hydrogen-bond acceptors (Lipinski definition) is 3. The smallest absolute Gasteiger partial charge is 0.293 e. The molecule has 2 heterocycles. The summed E-state index contributed by atoms with van der Waals surface area (Å²) < 4.78 is 16.2. The molecule has 0 saturated carbocycles. The molecule has 0 N–H and O–H groups in total. The molecular weight excluding hydrogens is 467 g/mol. The highest BCUT2D eigenvalue weighted by Gasteiger charge is 2.35. The number of thioether (sulfide) groups is 1. The Labute approximate surface area is 186 Å². The molecule has 4 nitrogen and oxygen atoms in total. The lowest BCUT2D eigenvalue weighted by Crippen LogP contribution is -2.31. The van der Waals surface area contributed by atoms with Crippen molar-refractivity contribution in [2.24, 2.45) is 5.92 Å². The van der Waals surface area contributed by atoms with Crippen molar-refractivity contribution in [1.82, 2.24) is 9.47 Å². The van der Waals surface area contributed by atoms with Gasteiger partial charge in [-0.2, -0.15) is 0 Å². The van der Waals surface area contributed by atoms with Gasteiger partial charge in [0.05, 0.1) is 4.91 Å². The lowest BCUT2D eigenvalue weighted by Gasteiger charge is -2.14. The summed E-state index contributed by atoms with van der Waals surface area (Å²) in [6.07, 6.45) is 3.76. The first-order valence-corrected chi connectivity index (χ1v) is 11.2. The minimum atomic E-state index is -0.266. The molecule has 0 spiro atoms. The van der Waals surface area contributed by atoms with Crippen molar-refractivity contribution in [3.05, 3.63) is 75.0 Å². The molecule has 7 heteroatoms. The first-order chi connectivity index (χ1) is 14.3. The van der Waals surface area contributed by atoms with E-state index >= 15 is 0 Å². The molecule has 2 aromatic carbocycles. The van der Waals surface area contributed by atoms with E-state index in [1.807, 2.05) is 38.2 Å². The molecule has 3 aromatic rings. The highest BCUT2D eigenvalue weighted by molar-refractivity contribution is 9.10. The van der Waals surface area contributed by atoms with Gasteiger partial charge in [0.2, 0.25) is 0 Å². The van der Waals surface area contributed by atoms with Crippen LogP contribution < -0.4 is 0 Å². The van der Waals surface area contributed by atoms with Crippen LogP contribution in [-0.4, -0.2) is 27.2 Å². The van der Waals surface area contributed by atoms with Gasteiger partial charge >= 0.3 is 0 Å². The van der Waals surface area contributed by atoms with E-state index in [0.29, 0.717) is 18.0 Å². The van der Waals surface area contributed by atoms with E-state index in [-0.39, 0.29) is 22.9 Å². The van der Waals surface area contributed by atoms with Crippen LogP contribution in [0.3, 0.4) is 0 Å². The molecular formula is C23H20BrFN2O2S. The Bertz CT molecular complexity index is 1170. The van der Waals surface area contributed by atoms with Gasteiger partial charge in [0.25, 0.3) is 11.1 Å². The standard InChI is InChI=1S/C23H20BrFN2O2S/c1-14(2)11-27-22(28)21(30-23(27)29)9-16-13-26(12-15-3-6-18(25)7-4-15)20-8-5-17(24)10-19(16)20/h3-10,13-14H,11-12H2,1-2H3/b21-9-. The van der Waals surface area contributed by atoms with Crippen molar-refractivity contribution >= 4 is 55.8 Å². The fourth-order valence-electron chi connectivity index (χ4n) is 3.49. The number of halogens is 2. The van der Waals surface area contributed by atoms with Gasteiger partial charge in [0, 0.05) is 40.2 Å². The van der Waals surface area contributed by atoms with Crippen molar-refractivity contribution in [1.29, 1.82) is 0 Å². The van der Waals surface area contributed by atoms with Crippen molar-refractivity contribution in [2.45, 2.75) is 20.4 Å². The summed E-state index contributed by atoms with van der Waals surface area (Å²) in [6, 6.07) is 12.4. The topological polar surface area (TPSA) is 42.3 Å². The van der Waals surface area contributed by atoms with Gasteiger partial charge in [-0.1, -0.05) is 41.9 Å². The van der Waals surface area contributed by atoms with Crippen molar-refractivity contribution < 1.29 is 14.0 Å². The molecule has 0 radical (unpaired) electrons. The Morgan fingerprint density at radius 3 is 2.57 bits per heavy atom. The normalized spacial score (nSPS) is 15.9. The first-order valence-electron chi connectivity index (χ1n) is 9.60. The maximum Gasteiger partial charge on any atom is 0.293 e. The van der Waals surface area contributed by atoms with E-state index in [4.69, 9.17) is 0 Å². The summed E-state index contributed by atoms with van der Waals surface area (Å²) in [7, 11) is 0. The zero-order valence-electron chi connectivity index (χ0n) is 16.6. The number of carbonyl (C=O) groups is 2. The molecule has 30 heavy (non-hydrogen) atoms. The maximum absolute atomic E-state index is 13.2. The van der Waals surface area contributed by atoms with Crippen molar-refractivity contribution in [2.75, 3.05) is 6.54 Å². The molecule has 0 atom stereocenters. The molecule has 1 aliphatic rings. The first kappa shape index (κ1) is 20.9. The number of aromatic nitrogens is 1. The van der Waals surface area contributed by atoms with Crippen molar-refractivity contribution in [3.8, 4) is 0 Å². The summed E-state index contributed by atoms with van der Waals surface area (Å²) in [5.74, 6) is -0.294. The second-order valence-electron chi connectivity index (χ2n) is 7.69. The fourth-order valence-corrected chi connectivity index (χ4v) is 4.69. The summed E-state index contributed by atoms with van der Waals surface area (Å²) >= 11 is 4.50. The second-order valence-corrected chi connectivity index (χ2v) is 9.60. The Morgan fingerprint density at radius 1 is 1.13 bits per heavy atom. The molecule has 2 amide bonds. The number of benzene rings is 2. The minimum absolute atomic E-state index is 0.214. The van der Waals surface area contributed by atoms with Gasteiger partial charge < -0.3 is 4.57 Å². The van der Waals surface area contributed by atoms with Crippen LogP contribution in [0.2, 0.25) is 0 Å². The SMILES string of the molecule is CC(C)CN1C(=O)S/C(=C\c2cn(Cc3ccc(F)cc3)c3ccc(Br)cc23)C1=O. The van der Waals surface area contributed by atoms with E-state index in [2.05, 4.69) is 20.5 Å². The Balaban J connectivity index is 1.73. The third-order valence-corrected chi connectivity index (χ3v) is 6.25. The predicted octanol–water partition coefficient (Wildman–Crippen LogP) is 6.28. The Kier molecular flexibility index (Phi) is 5.84. The molecule has 0 unspecified atom stereocenters. The van der Waals surface area contributed by atoms with Crippen molar-refractivity contribution in [3.63, 3.8) is 0 Å². The third-order valence-electron chi connectivity index (χ3n) is 4.85. The van der Waals surface area contributed by atoms with Gasteiger partial charge in [-0.05, 0) is 59.7 Å². The number of hydrogen-bond donors (Lipinski definition) is 0. The molecule has 1 fully saturated rings. The van der Waals surface area contributed by atoms with E-state index in [1.54, 1.807) is 18.2 Å². The zero-order chi connectivity index (χ0) is 21.4. The summed E-state index contributed by atoms with van der Waals surface area (Å²) in [4.78, 5) is 26.8. The number of nitrogens with zero attached hydrogens (tertiary/aromatic N) is 2. The fraction of sp³-hybridized carbons (Fsp3) is 0.217. The lowest BCUT2D eigenvalue weighted by molar-refractivity contribution is -0.123. The van der Waals surface area contributed by atoms with Gasteiger partial charge in [-0.15, -0.1) is 0 Å². The van der Waals surface area contributed by atoms with E-state index in [1.165, 1.54) is 17.0 Å². The van der Waals surface area contributed by atoms with Crippen LogP contribution in [0.4, 0.5) is 9.18 Å². The second kappa shape index (κ2) is 8.40. The van der Waals surface area contributed by atoms with Crippen LogP contribution in [0.1, 0.15) is 25.0 Å². The minimum Gasteiger partial charge on any atom is -0.342 e. The summed E-state index contributed by atoms with van der Waals surface area (Å²) in [5, 5.41) is 0.748. The summed E-state index contributed by atoms with van der Waals surface area (Å²) in [5.41, 5.74) is 2.83. The van der Waals surface area contributed by atoms with Crippen LogP contribution in [0.5, 0.6) is 0 Å². The number of imide groups is 1. The average Bonchev–Trinajstić information content (AvgIpc) is 3.15. The molecule has 0 bridgehead atoms. The van der Waals surface area contributed by atoms with Crippen LogP contribution in [-0.2, 0) is 11.3 Å². The largest absolute Gasteiger partial charge is 0.342 e. The molecule has 4 rings (SSSR count). The van der Waals surface area contributed by atoms with Gasteiger partial charge in [-0.25, -0.2) is 4.39 Å². The monoisotopic (exact) mass is 486 g/mol. The number of amides is 2. The van der Waals surface area contributed by atoms with Gasteiger partial charge in [-0.3, -0.25) is 14.5 Å². The lowest BCUT2D eigenvalue weighted by atomic mass is 10.1. The van der Waals surface area contributed by atoms with E-state index in [9.17, 15) is 14.0 Å². The molecule has 154 valence electrons. The van der Waals surface area contributed by atoms with Gasteiger partial charge in [0.15, 0.2) is 0 Å². The number of carbonyl (C=O) groups excluding carboxylic acids is 2. The number of rotatable bonds is 5. The van der Waals surface area contributed by atoms with E-state index in [0.717, 1.165) is 38.3 Å². The average molecular weight is 487 g/mol. The predicted molar refractivity (Wildman–Crippen MR) is 123 cm³/mol.